The van der Waals surface area contributed by atoms with Gasteiger partial charge in [0.1, 0.15) is 5.69 Å². The van der Waals surface area contributed by atoms with Crippen LogP contribution in [0.5, 0.6) is 0 Å². The average Bonchev–Trinajstić information content (AvgIpc) is 2.83. The minimum atomic E-state index is -0.887. The SMILES string of the molecule is CC(C)(O)c1ccc(C#Cc2nc3[nH]c(=O)[nH]c3cc2Cl)cc1. The lowest BCUT2D eigenvalue weighted by molar-refractivity contribution is 0.0786. The van der Waals surface area contributed by atoms with Gasteiger partial charge in [-0.15, -0.1) is 0 Å². The lowest BCUT2D eigenvalue weighted by atomic mass is 9.97. The van der Waals surface area contributed by atoms with Crippen molar-refractivity contribution in [3.8, 4) is 11.8 Å². The van der Waals surface area contributed by atoms with Gasteiger partial charge < -0.3 is 10.1 Å². The number of imidazole rings is 1. The van der Waals surface area contributed by atoms with Gasteiger partial charge >= 0.3 is 5.69 Å². The first-order valence-corrected chi connectivity index (χ1v) is 7.34. The third kappa shape index (κ3) is 3.29. The number of fused-ring (bicyclic) bond motifs is 1. The smallest absolute Gasteiger partial charge is 0.325 e. The van der Waals surface area contributed by atoms with Gasteiger partial charge in [0, 0.05) is 5.56 Å². The highest BCUT2D eigenvalue weighted by Gasteiger charge is 2.14. The third-order valence-corrected chi connectivity index (χ3v) is 3.66. The minimum Gasteiger partial charge on any atom is -0.386 e. The van der Waals surface area contributed by atoms with Gasteiger partial charge in [-0.1, -0.05) is 29.7 Å². The highest BCUT2D eigenvalue weighted by atomic mass is 35.5. The van der Waals surface area contributed by atoms with Crippen LogP contribution in [0, 0.1) is 11.8 Å². The lowest BCUT2D eigenvalue weighted by Crippen LogP contribution is -2.14. The maximum Gasteiger partial charge on any atom is 0.325 e. The summed E-state index contributed by atoms with van der Waals surface area (Å²) < 4.78 is 0. The van der Waals surface area contributed by atoms with Gasteiger partial charge in [0.05, 0.1) is 16.1 Å². The number of nitrogens with one attached hydrogen (secondary N) is 2. The number of hydrogen-bond donors (Lipinski definition) is 3. The summed E-state index contributed by atoms with van der Waals surface area (Å²) in [6.45, 7) is 3.45. The molecule has 3 aromatic rings. The van der Waals surface area contributed by atoms with Gasteiger partial charge in [0.2, 0.25) is 0 Å². The largest absolute Gasteiger partial charge is 0.386 e. The molecule has 0 fully saturated rings. The van der Waals surface area contributed by atoms with Crippen molar-refractivity contribution in [3.05, 3.63) is 62.7 Å². The number of halogens is 1. The van der Waals surface area contributed by atoms with Gasteiger partial charge in [0.25, 0.3) is 0 Å². The number of rotatable bonds is 1. The molecule has 2 aromatic heterocycles. The first-order chi connectivity index (χ1) is 10.8. The van der Waals surface area contributed by atoms with E-state index in [0.29, 0.717) is 21.9 Å². The summed E-state index contributed by atoms with van der Waals surface area (Å²) in [5, 5.41) is 10.3. The molecule has 0 unspecified atom stereocenters. The van der Waals surface area contributed by atoms with E-state index in [1.807, 2.05) is 24.3 Å². The standard InChI is InChI=1S/C17H14ClN3O2/c1-17(2,23)11-6-3-10(4-7-11)5-8-13-12(18)9-14-15(19-13)21-16(22)20-14/h3-4,6-7,9,23H,1-2H3,(H2,19,20,21,22). The number of aromatic amines is 2. The Kier molecular flexibility index (Phi) is 3.72. The van der Waals surface area contributed by atoms with Crippen molar-refractivity contribution < 1.29 is 5.11 Å². The first-order valence-electron chi connectivity index (χ1n) is 6.96. The molecule has 0 atom stereocenters. The van der Waals surface area contributed by atoms with Crippen LogP contribution < -0.4 is 5.69 Å². The van der Waals surface area contributed by atoms with Crippen LogP contribution in [0.3, 0.4) is 0 Å². The highest BCUT2D eigenvalue weighted by molar-refractivity contribution is 6.32. The number of benzene rings is 1. The van der Waals surface area contributed by atoms with Crippen LogP contribution in [0.1, 0.15) is 30.7 Å². The molecule has 6 heteroatoms. The van der Waals surface area contributed by atoms with Crippen molar-refractivity contribution in [2.45, 2.75) is 19.4 Å². The van der Waals surface area contributed by atoms with Gasteiger partial charge in [0.15, 0.2) is 5.65 Å². The van der Waals surface area contributed by atoms with Crippen LogP contribution in [0.25, 0.3) is 11.2 Å². The molecule has 2 heterocycles. The quantitative estimate of drug-likeness (QED) is 0.601. The van der Waals surface area contributed by atoms with E-state index >= 15 is 0 Å². The second kappa shape index (κ2) is 5.58. The summed E-state index contributed by atoms with van der Waals surface area (Å²) in [5.41, 5.74) is 1.71. The molecule has 23 heavy (non-hydrogen) atoms. The van der Waals surface area contributed by atoms with E-state index in [-0.39, 0.29) is 5.69 Å². The highest BCUT2D eigenvalue weighted by Crippen LogP contribution is 2.20. The number of hydrogen-bond acceptors (Lipinski definition) is 3. The molecule has 0 aliphatic rings. The number of aliphatic hydroxyl groups is 1. The molecule has 0 aliphatic carbocycles. The Morgan fingerprint density at radius 3 is 2.52 bits per heavy atom. The predicted octanol–water partition coefficient (Wildman–Crippen LogP) is 2.53. The summed E-state index contributed by atoms with van der Waals surface area (Å²) in [6.07, 6.45) is 0. The van der Waals surface area contributed by atoms with Crippen LogP contribution in [0.15, 0.2) is 35.1 Å². The monoisotopic (exact) mass is 327 g/mol. The summed E-state index contributed by atoms with van der Waals surface area (Å²) >= 11 is 6.13. The molecule has 0 bridgehead atoms. The lowest BCUT2D eigenvalue weighted by Gasteiger charge is -2.17. The van der Waals surface area contributed by atoms with Gasteiger partial charge in [-0.05, 0) is 43.5 Å². The molecular weight excluding hydrogens is 314 g/mol. The number of aromatic nitrogens is 3. The van der Waals surface area contributed by atoms with Crippen molar-refractivity contribution in [2.75, 3.05) is 0 Å². The molecule has 0 saturated heterocycles. The second-order valence-electron chi connectivity index (χ2n) is 5.68. The maximum absolute atomic E-state index is 11.3. The molecule has 116 valence electrons. The Balaban J connectivity index is 1.95. The van der Waals surface area contributed by atoms with E-state index in [1.165, 1.54) is 0 Å². The molecule has 0 saturated carbocycles. The number of nitrogens with zero attached hydrogens (tertiary/aromatic N) is 1. The van der Waals surface area contributed by atoms with E-state index < -0.39 is 5.60 Å². The molecule has 0 spiro atoms. The second-order valence-corrected chi connectivity index (χ2v) is 6.09. The Morgan fingerprint density at radius 2 is 1.87 bits per heavy atom. The van der Waals surface area contributed by atoms with Crippen molar-refractivity contribution in [1.82, 2.24) is 15.0 Å². The Labute approximate surface area is 137 Å². The van der Waals surface area contributed by atoms with Crippen LogP contribution in [0.4, 0.5) is 0 Å². The van der Waals surface area contributed by atoms with Crippen molar-refractivity contribution in [1.29, 1.82) is 0 Å². The Bertz CT molecular complexity index is 983. The molecule has 5 nitrogen and oxygen atoms in total. The van der Waals surface area contributed by atoms with Crippen LogP contribution >= 0.6 is 11.6 Å². The van der Waals surface area contributed by atoms with Crippen molar-refractivity contribution in [3.63, 3.8) is 0 Å². The zero-order valence-electron chi connectivity index (χ0n) is 12.6. The average molecular weight is 328 g/mol. The fourth-order valence-electron chi connectivity index (χ4n) is 2.12. The molecular formula is C17H14ClN3O2. The molecule has 3 rings (SSSR count). The van der Waals surface area contributed by atoms with E-state index in [9.17, 15) is 9.90 Å². The van der Waals surface area contributed by atoms with Crippen LogP contribution in [-0.2, 0) is 5.60 Å². The Morgan fingerprint density at radius 1 is 1.17 bits per heavy atom. The number of H-pyrrole nitrogens is 2. The minimum absolute atomic E-state index is 0.337. The van der Waals surface area contributed by atoms with Crippen LogP contribution in [0.2, 0.25) is 5.02 Å². The molecule has 0 aliphatic heterocycles. The van der Waals surface area contributed by atoms with E-state index in [2.05, 4.69) is 26.8 Å². The fourth-order valence-corrected chi connectivity index (χ4v) is 2.32. The van der Waals surface area contributed by atoms with Gasteiger partial charge in [-0.2, -0.15) is 0 Å². The van der Waals surface area contributed by atoms with E-state index in [0.717, 1.165) is 11.1 Å². The summed E-state index contributed by atoms with van der Waals surface area (Å²) in [6, 6.07) is 8.91. The van der Waals surface area contributed by atoms with Gasteiger partial charge in [-0.3, -0.25) is 4.98 Å². The molecule has 0 radical (unpaired) electrons. The van der Waals surface area contributed by atoms with E-state index in [4.69, 9.17) is 11.6 Å². The topological polar surface area (TPSA) is 81.8 Å². The normalized spacial score (nSPS) is 11.3. The summed E-state index contributed by atoms with van der Waals surface area (Å²) in [7, 11) is 0. The van der Waals surface area contributed by atoms with Crippen molar-refractivity contribution in [2.24, 2.45) is 0 Å². The Hall–Kier alpha value is -2.55. The fraction of sp³-hybridized carbons (Fsp3) is 0.176. The summed E-state index contributed by atoms with van der Waals surface area (Å²) in [5.74, 6) is 5.87. The first kappa shape index (κ1) is 15.3. The predicted molar refractivity (Wildman–Crippen MR) is 89.4 cm³/mol. The van der Waals surface area contributed by atoms with Crippen molar-refractivity contribution >= 4 is 22.8 Å². The summed E-state index contributed by atoms with van der Waals surface area (Å²) in [4.78, 5) is 20.7. The molecule has 3 N–H and O–H groups in total. The maximum atomic E-state index is 11.3. The zero-order chi connectivity index (χ0) is 16.6. The van der Waals surface area contributed by atoms with E-state index in [1.54, 1.807) is 19.9 Å². The van der Waals surface area contributed by atoms with Gasteiger partial charge in [-0.25, -0.2) is 9.78 Å². The van der Waals surface area contributed by atoms with Crippen LogP contribution in [-0.4, -0.2) is 20.1 Å². The zero-order valence-corrected chi connectivity index (χ0v) is 13.3. The number of pyridine rings is 1. The third-order valence-electron chi connectivity index (χ3n) is 3.37. The molecule has 1 aromatic carbocycles. The molecule has 0 amide bonds.